The van der Waals surface area contributed by atoms with Crippen LogP contribution in [0, 0.1) is 6.92 Å². The molecule has 0 bridgehead atoms. The molecule has 3 heterocycles. The number of para-hydroxylation sites is 2. The minimum atomic E-state index is -4.03. The molecule has 1 aromatic heterocycles. The second-order valence-corrected chi connectivity index (χ2v) is 17.2. The van der Waals surface area contributed by atoms with Crippen LogP contribution in [0.3, 0.4) is 0 Å². The number of carbonyl (C=O) groups is 1. The molecule has 2 saturated heterocycles. The molecule has 1 unspecified atom stereocenters. The number of rotatable bonds is 13. The highest BCUT2D eigenvalue weighted by Crippen LogP contribution is 2.39. The van der Waals surface area contributed by atoms with Gasteiger partial charge in [0, 0.05) is 43.3 Å². The third-order valence-electron chi connectivity index (χ3n) is 11.3. The van der Waals surface area contributed by atoms with Crippen LogP contribution in [-0.2, 0) is 37.3 Å². The number of aromatic nitrogens is 2. The molecular formula is C46H49N5O7S. The predicted octanol–water partition coefficient (Wildman–Crippen LogP) is 6.54. The number of benzene rings is 5. The zero-order valence-electron chi connectivity index (χ0n) is 32.9. The highest BCUT2D eigenvalue weighted by molar-refractivity contribution is 7.89. The third kappa shape index (κ3) is 9.57. The number of piperidine rings is 1. The van der Waals surface area contributed by atoms with Crippen molar-refractivity contribution in [3.8, 4) is 0 Å². The second kappa shape index (κ2) is 17.8. The Morgan fingerprint density at radius 1 is 0.847 bits per heavy atom. The molecule has 306 valence electrons. The van der Waals surface area contributed by atoms with Crippen molar-refractivity contribution in [2.45, 2.75) is 74.7 Å². The monoisotopic (exact) mass is 815 g/mol. The van der Waals surface area contributed by atoms with Crippen LogP contribution in [0.4, 0.5) is 5.69 Å². The summed E-state index contributed by atoms with van der Waals surface area (Å²) in [6, 6.07) is 37.6. The molecule has 5 aromatic carbocycles. The first-order valence-corrected chi connectivity index (χ1v) is 21.6. The van der Waals surface area contributed by atoms with Gasteiger partial charge in [0.1, 0.15) is 6.04 Å². The summed E-state index contributed by atoms with van der Waals surface area (Å²) in [4.78, 5) is 32.3. The summed E-state index contributed by atoms with van der Waals surface area (Å²) >= 11 is 0. The molecule has 12 nitrogen and oxygen atoms in total. The molecule has 6 aromatic rings. The maximum atomic E-state index is 14.0. The Morgan fingerprint density at radius 2 is 1.58 bits per heavy atom. The Balaban J connectivity index is 0.991. The van der Waals surface area contributed by atoms with Crippen LogP contribution in [0.1, 0.15) is 65.5 Å². The number of hydrogen-bond donors (Lipinski definition) is 4. The minimum Gasteiger partial charge on any atom is -0.392 e. The molecule has 13 heteroatoms. The smallest absolute Gasteiger partial charge is 0.326 e. The van der Waals surface area contributed by atoms with Crippen LogP contribution in [0.25, 0.3) is 11.0 Å². The maximum absolute atomic E-state index is 14.0. The first-order chi connectivity index (χ1) is 28.6. The van der Waals surface area contributed by atoms with Crippen molar-refractivity contribution in [3.63, 3.8) is 0 Å². The van der Waals surface area contributed by atoms with E-state index in [9.17, 15) is 23.1 Å². The molecule has 2 aliphatic rings. The number of sulfonamides is 1. The fourth-order valence-corrected chi connectivity index (χ4v) is 9.32. The van der Waals surface area contributed by atoms with E-state index in [1.807, 2.05) is 102 Å². The van der Waals surface area contributed by atoms with E-state index in [0.29, 0.717) is 24.2 Å². The first-order valence-electron chi connectivity index (χ1n) is 20.1. The number of nitrogens with zero attached hydrogens (tertiary/aromatic N) is 2. The van der Waals surface area contributed by atoms with Gasteiger partial charge in [-0.15, -0.1) is 0 Å². The number of carbonyl (C=O) groups excluding carboxylic acids is 1. The Morgan fingerprint density at radius 3 is 2.32 bits per heavy atom. The number of amides is 1. The molecule has 4 atom stereocenters. The molecule has 2 aliphatic heterocycles. The number of aryl methyl sites for hydroxylation is 1. The van der Waals surface area contributed by atoms with Gasteiger partial charge in [0.25, 0.3) is 0 Å². The van der Waals surface area contributed by atoms with E-state index in [1.54, 1.807) is 24.3 Å². The molecule has 59 heavy (non-hydrogen) atoms. The molecule has 4 N–H and O–H groups in total. The molecule has 0 saturated carbocycles. The van der Waals surface area contributed by atoms with Gasteiger partial charge in [0.2, 0.25) is 15.9 Å². The van der Waals surface area contributed by atoms with Gasteiger partial charge in [-0.25, -0.2) is 13.2 Å². The fraction of sp³-hybridized carbons (Fsp3) is 0.304. The fourth-order valence-electron chi connectivity index (χ4n) is 8.12. The van der Waals surface area contributed by atoms with Gasteiger partial charge in [0.05, 0.1) is 34.7 Å². The van der Waals surface area contributed by atoms with Crippen LogP contribution >= 0.6 is 0 Å². The summed E-state index contributed by atoms with van der Waals surface area (Å²) in [6.07, 6.45) is 1.13. The number of aromatic amines is 1. The molecule has 8 rings (SSSR count). The van der Waals surface area contributed by atoms with Crippen LogP contribution in [-0.4, -0.2) is 65.7 Å². The van der Waals surface area contributed by atoms with Gasteiger partial charge in [-0.05, 0) is 79.3 Å². The van der Waals surface area contributed by atoms with Gasteiger partial charge < -0.3 is 29.8 Å². The molecule has 2 fully saturated rings. The third-order valence-corrected chi connectivity index (χ3v) is 12.8. The summed E-state index contributed by atoms with van der Waals surface area (Å²) < 4.78 is 44.9. The lowest BCUT2D eigenvalue weighted by Crippen LogP contribution is -2.45. The topological polar surface area (TPSA) is 155 Å². The highest BCUT2D eigenvalue weighted by atomic mass is 32.2. The standard InChI is InChI=1S/C46H49N5O7S/c1-31-14-20-39(21-15-31)59(55,56)49-41(26-32-8-3-2-4-9-32)44(53)47-36-11-7-10-35(27-36)45-57-38(28-43(58-45)34-18-16-33(30-52)17-19-34)29-50-24-22-37(23-25-50)51-42-13-6-5-12-40(42)48-46(51)54/h2-21,27,37-38,41,43,45,49,52H,22-26,28-30H2,1H3,(H,47,53)(H,48,54)/t38-,41+,43+,45?/m0/s1. The summed E-state index contributed by atoms with van der Waals surface area (Å²) in [6.45, 7) is 4.09. The summed E-state index contributed by atoms with van der Waals surface area (Å²) in [7, 11) is -4.03. The number of nitrogens with one attached hydrogen (secondary N) is 3. The lowest BCUT2D eigenvalue weighted by atomic mass is 9.98. The van der Waals surface area contributed by atoms with Gasteiger partial charge in [-0.1, -0.05) is 96.6 Å². The van der Waals surface area contributed by atoms with E-state index in [4.69, 9.17) is 9.47 Å². The number of likely N-dealkylation sites (tertiary alicyclic amines) is 1. The van der Waals surface area contributed by atoms with Crippen molar-refractivity contribution in [2.24, 2.45) is 0 Å². The van der Waals surface area contributed by atoms with Crippen molar-refractivity contribution in [1.82, 2.24) is 19.2 Å². The largest absolute Gasteiger partial charge is 0.392 e. The Kier molecular flexibility index (Phi) is 12.2. The molecule has 0 spiro atoms. The Bertz CT molecular complexity index is 2530. The number of fused-ring (bicyclic) bond motifs is 1. The van der Waals surface area contributed by atoms with Crippen molar-refractivity contribution >= 4 is 32.7 Å². The molecular weight excluding hydrogens is 767 g/mol. The quantitative estimate of drug-likeness (QED) is 0.103. The highest BCUT2D eigenvalue weighted by Gasteiger charge is 2.35. The van der Waals surface area contributed by atoms with E-state index < -0.39 is 28.3 Å². The number of H-pyrrole nitrogens is 1. The van der Waals surface area contributed by atoms with Crippen molar-refractivity contribution in [2.75, 3.05) is 25.0 Å². The second-order valence-electron chi connectivity index (χ2n) is 15.5. The van der Waals surface area contributed by atoms with E-state index in [0.717, 1.165) is 59.2 Å². The summed E-state index contributed by atoms with van der Waals surface area (Å²) in [5.74, 6) is -0.509. The number of ether oxygens (including phenoxy) is 2. The number of imidazole rings is 1. The number of hydrogen-bond acceptors (Lipinski definition) is 8. The van der Waals surface area contributed by atoms with E-state index in [-0.39, 0.29) is 41.9 Å². The zero-order valence-corrected chi connectivity index (χ0v) is 33.7. The first kappa shape index (κ1) is 40.4. The van der Waals surface area contributed by atoms with Gasteiger partial charge in [-0.3, -0.25) is 9.36 Å². The normalized spacial score (nSPS) is 19.7. The van der Waals surface area contributed by atoms with Crippen LogP contribution < -0.4 is 15.7 Å². The Hall–Kier alpha value is -5.41. The summed E-state index contributed by atoms with van der Waals surface area (Å²) in [5.41, 5.74) is 6.35. The average Bonchev–Trinajstić information content (AvgIpc) is 3.59. The predicted molar refractivity (Wildman–Crippen MR) is 226 cm³/mol. The van der Waals surface area contributed by atoms with Crippen molar-refractivity contribution in [1.29, 1.82) is 0 Å². The van der Waals surface area contributed by atoms with Crippen LogP contribution in [0.15, 0.2) is 137 Å². The van der Waals surface area contributed by atoms with Crippen LogP contribution in [0.2, 0.25) is 0 Å². The Labute approximate surface area is 343 Å². The van der Waals surface area contributed by atoms with Crippen LogP contribution in [0.5, 0.6) is 0 Å². The molecule has 1 amide bonds. The average molecular weight is 816 g/mol. The summed E-state index contributed by atoms with van der Waals surface area (Å²) in [5, 5.41) is 12.6. The number of anilines is 1. The van der Waals surface area contributed by atoms with Crippen molar-refractivity contribution < 1.29 is 27.8 Å². The maximum Gasteiger partial charge on any atom is 0.326 e. The van der Waals surface area contributed by atoms with E-state index >= 15 is 0 Å². The minimum absolute atomic E-state index is 0.0566. The molecule has 0 aliphatic carbocycles. The lowest BCUT2D eigenvalue weighted by Gasteiger charge is -2.40. The number of aliphatic hydroxyl groups excluding tert-OH is 1. The van der Waals surface area contributed by atoms with Gasteiger partial charge in [0.15, 0.2) is 6.29 Å². The zero-order chi connectivity index (χ0) is 40.9. The number of aliphatic hydroxyl groups is 1. The van der Waals surface area contributed by atoms with Crippen molar-refractivity contribution in [3.05, 3.63) is 166 Å². The van der Waals surface area contributed by atoms with E-state index in [2.05, 4.69) is 19.9 Å². The van der Waals surface area contributed by atoms with Gasteiger partial charge >= 0.3 is 5.69 Å². The van der Waals surface area contributed by atoms with E-state index in [1.165, 1.54) is 12.1 Å². The van der Waals surface area contributed by atoms with Gasteiger partial charge in [-0.2, -0.15) is 4.72 Å². The lowest BCUT2D eigenvalue weighted by molar-refractivity contribution is -0.253. The SMILES string of the molecule is Cc1ccc(S(=O)(=O)N[C@H](Cc2ccccc2)C(=O)Nc2cccc(C3O[C@H](CN4CCC(n5c(=O)[nH]c6ccccc65)CC4)C[C@H](c4ccc(CO)cc4)O3)c2)cc1. The molecule has 0 radical (unpaired) electrons.